The third kappa shape index (κ3) is 1.55. The van der Waals surface area contributed by atoms with Crippen molar-refractivity contribution in [3.8, 4) is 0 Å². The second-order valence-electron chi connectivity index (χ2n) is 4.48. The molecule has 1 aromatic carbocycles. The monoisotopic (exact) mass is 271 g/mol. The molecule has 2 N–H and O–H groups in total. The fourth-order valence-corrected chi connectivity index (χ4v) is 3.09. The number of fused-ring (bicyclic) bond motifs is 2. The van der Waals surface area contributed by atoms with Crippen LogP contribution in [0.15, 0.2) is 24.4 Å². The molecule has 0 saturated carbocycles. The van der Waals surface area contributed by atoms with Gasteiger partial charge in [-0.3, -0.25) is 9.89 Å². The first kappa shape index (κ1) is 10.6. The van der Waals surface area contributed by atoms with Gasteiger partial charge in [-0.05, 0) is 11.6 Å². The van der Waals surface area contributed by atoms with E-state index in [-0.39, 0.29) is 11.8 Å². The molecule has 0 bridgehead atoms. The van der Waals surface area contributed by atoms with E-state index in [0.717, 1.165) is 22.2 Å². The molecule has 2 aromatic heterocycles. The highest BCUT2D eigenvalue weighted by molar-refractivity contribution is 7.00. The van der Waals surface area contributed by atoms with E-state index >= 15 is 0 Å². The molecular formula is C12H9N5OS. The minimum atomic E-state index is -0.0184. The van der Waals surface area contributed by atoms with Crippen molar-refractivity contribution in [3.05, 3.63) is 35.5 Å². The number of carbonyl (C=O) groups is 1. The summed E-state index contributed by atoms with van der Waals surface area (Å²) >= 11 is 1.19. The van der Waals surface area contributed by atoms with E-state index in [1.807, 2.05) is 18.2 Å². The fourth-order valence-electron chi connectivity index (χ4n) is 2.53. The summed E-state index contributed by atoms with van der Waals surface area (Å²) in [5.74, 6) is 0.651. The third-order valence-corrected chi connectivity index (χ3v) is 3.93. The smallest absolute Gasteiger partial charge is 0.226 e. The molecule has 1 atom stereocenters. The maximum absolute atomic E-state index is 11.8. The molecule has 3 aromatic rings. The van der Waals surface area contributed by atoms with Gasteiger partial charge in [0, 0.05) is 17.9 Å². The number of carbonyl (C=O) groups excluding carboxylic acids is 1. The molecule has 0 fully saturated rings. The molecule has 19 heavy (non-hydrogen) atoms. The van der Waals surface area contributed by atoms with Crippen molar-refractivity contribution in [1.82, 2.24) is 18.9 Å². The number of amides is 1. The largest absolute Gasteiger partial charge is 0.311 e. The number of hydrogen-bond acceptors (Lipinski definition) is 5. The van der Waals surface area contributed by atoms with E-state index in [4.69, 9.17) is 0 Å². The van der Waals surface area contributed by atoms with Crippen molar-refractivity contribution in [1.29, 1.82) is 0 Å². The Morgan fingerprint density at radius 1 is 1.26 bits per heavy atom. The Morgan fingerprint density at radius 3 is 3.16 bits per heavy atom. The second kappa shape index (κ2) is 3.86. The molecule has 1 aliphatic rings. The van der Waals surface area contributed by atoms with E-state index < -0.39 is 0 Å². The van der Waals surface area contributed by atoms with Gasteiger partial charge in [0.1, 0.15) is 16.9 Å². The molecule has 0 aliphatic carbocycles. The normalized spacial score (nSPS) is 18.3. The van der Waals surface area contributed by atoms with Crippen LogP contribution in [0.25, 0.3) is 11.0 Å². The summed E-state index contributed by atoms with van der Waals surface area (Å²) in [6.07, 6.45) is 2.17. The van der Waals surface area contributed by atoms with Gasteiger partial charge in [-0.1, -0.05) is 12.1 Å². The van der Waals surface area contributed by atoms with Gasteiger partial charge in [0.25, 0.3) is 0 Å². The first-order valence-electron chi connectivity index (χ1n) is 5.87. The maximum Gasteiger partial charge on any atom is 0.226 e. The number of H-pyrrole nitrogens is 1. The number of aromatic amines is 1. The number of nitrogens with zero attached hydrogens (tertiary/aromatic N) is 3. The van der Waals surface area contributed by atoms with Crippen molar-refractivity contribution in [3.63, 3.8) is 0 Å². The second-order valence-corrected chi connectivity index (χ2v) is 5.01. The molecule has 1 amide bonds. The Bertz CT molecular complexity index is 777. The molecular weight excluding hydrogens is 262 g/mol. The Balaban J connectivity index is 1.94. The lowest BCUT2D eigenvalue weighted by molar-refractivity contribution is -0.116. The van der Waals surface area contributed by atoms with Gasteiger partial charge in [0.05, 0.1) is 17.9 Å². The number of aromatic nitrogens is 4. The minimum absolute atomic E-state index is 0.0121. The molecule has 0 radical (unpaired) electrons. The van der Waals surface area contributed by atoms with E-state index in [0.29, 0.717) is 12.2 Å². The quantitative estimate of drug-likeness (QED) is 0.708. The molecule has 1 aliphatic heterocycles. The molecule has 3 heterocycles. The highest BCUT2D eigenvalue weighted by Gasteiger charge is 2.29. The SMILES string of the molecule is O=C1CC(c2cccc3nsnc23)c2cn[nH]c2N1. The summed E-state index contributed by atoms with van der Waals surface area (Å²) in [4.78, 5) is 11.8. The minimum Gasteiger partial charge on any atom is -0.311 e. The molecule has 1 unspecified atom stereocenters. The summed E-state index contributed by atoms with van der Waals surface area (Å²) in [6.45, 7) is 0. The molecule has 4 rings (SSSR count). The standard InChI is InChI=1S/C12H9N5OS/c18-10-4-7(8-5-13-15-12(8)14-10)6-2-1-3-9-11(6)17-19-16-9/h1-3,5,7H,4H2,(H2,13,14,15,18). The zero-order valence-electron chi connectivity index (χ0n) is 9.75. The average Bonchev–Trinajstić information content (AvgIpc) is 3.04. The number of nitrogens with one attached hydrogen (secondary N) is 2. The van der Waals surface area contributed by atoms with Crippen molar-refractivity contribution < 1.29 is 4.79 Å². The number of benzene rings is 1. The van der Waals surface area contributed by atoms with Gasteiger partial charge in [-0.25, -0.2) is 0 Å². The van der Waals surface area contributed by atoms with E-state index in [1.54, 1.807) is 6.20 Å². The van der Waals surface area contributed by atoms with Crippen molar-refractivity contribution in [2.75, 3.05) is 5.32 Å². The number of rotatable bonds is 1. The third-order valence-electron chi connectivity index (χ3n) is 3.39. The summed E-state index contributed by atoms with van der Waals surface area (Å²) in [5, 5.41) is 9.61. The van der Waals surface area contributed by atoms with Crippen LogP contribution in [-0.4, -0.2) is 24.9 Å². The highest BCUT2D eigenvalue weighted by Crippen LogP contribution is 2.38. The van der Waals surface area contributed by atoms with Crippen LogP contribution in [0.4, 0.5) is 5.82 Å². The predicted octanol–water partition coefficient (Wildman–Crippen LogP) is 1.89. The van der Waals surface area contributed by atoms with Crippen LogP contribution in [0.2, 0.25) is 0 Å². The first-order chi connectivity index (χ1) is 9.33. The predicted molar refractivity (Wildman–Crippen MR) is 71.1 cm³/mol. The van der Waals surface area contributed by atoms with Crippen molar-refractivity contribution >= 4 is 34.5 Å². The topological polar surface area (TPSA) is 83.6 Å². The van der Waals surface area contributed by atoms with Gasteiger partial charge < -0.3 is 5.32 Å². The summed E-state index contributed by atoms with van der Waals surface area (Å²) < 4.78 is 8.59. The Kier molecular flexibility index (Phi) is 2.16. The zero-order chi connectivity index (χ0) is 12.8. The molecule has 7 heteroatoms. The number of anilines is 1. The molecule has 94 valence electrons. The maximum atomic E-state index is 11.8. The lowest BCUT2D eigenvalue weighted by Gasteiger charge is -2.22. The van der Waals surface area contributed by atoms with Crippen molar-refractivity contribution in [2.45, 2.75) is 12.3 Å². The van der Waals surface area contributed by atoms with Crippen LogP contribution in [-0.2, 0) is 4.79 Å². The lowest BCUT2D eigenvalue weighted by Crippen LogP contribution is -2.23. The van der Waals surface area contributed by atoms with Crippen LogP contribution in [0.5, 0.6) is 0 Å². The lowest BCUT2D eigenvalue weighted by atomic mass is 9.87. The summed E-state index contributed by atoms with van der Waals surface area (Å²) in [7, 11) is 0. The van der Waals surface area contributed by atoms with Crippen molar-refractivity contribution in [2.24, 2.45) is 0 Å². The fraction of sp³-hybridized carbons (Fsp3) is 0.167. The van der Waals surface area contributed by atoms with Crippen LogP contribution >= 0.6 is 11.7 Å². The van der Waals surface area contributed by atoms with E-state index in [2.05, 4.69) is 24.3 Å². The molecule has 0 spiro atoms. The number of hydrogen-bond donors (Lipinski definition) is 2. The summed E-state index contributed by atoms with van der Waals surface area (Å²) in [5.41, 5.74) is 3.78. The van der Waals surface area contributed by atoms with Gasteiger partial charge >= 0.3 is 0 Å². The molecule has 6 nitrogen and oxygen atoms in total. The molecule has 0 saturated heterocycles. The van der Waals surface area contributed by atoms with Crippen LogP contribution in [0.3, 0.4) is 0 Å². The van der Waals surface area contributed by atoms with Crippen LogP contribution in [0, 0.1) is 0 Å². The highest BCUT2D eigenvalue weighted by atomic mass is 32.1. The zero-order valence-corrected chi connectivity index (χ0v) is 10.6. The van der Waals surface area contributed by atoms with Crippen LogP contribution < -0.4 is 5.32 Å². The van der Waals surface area contributed by atoms with Crippen LogP contribution in [0.1, 0.15) is 23.5 Å². The average molecular weight is 271 g/mol. The summed E-state index contributed by atoms with van der Waals surface area (Å²) in [6, 6.07) is 5.89. The van der Waals surface area contributed by atoms with Gasteiger partial charge in [0.15, 0.2) is 0 Å². The van der Waals surface area contributed by atoms with Gasteiger partial charge in [0.2, 0.25) is 5.91 Å². The van der Waals surface area contributed by atoms with E-state index in [9.17, 15) is 4.79 Å². The first-order valence-corrected chi connectivity index (χ1v) is 6.60. The van der Waals surface area contributed by atoms with Gasteiger partial charge in [-0.15, -0.1) is 0 Å². The van der Waals surface area contributed by atoms with E-state index in [1.165, 1.54) is 11.7 Å². The Hall–Kier alpha value is -2.28. The van der Waals surface area contributed by atoms with Gasteiger partial charge in [-0.2, -0.15) is 13.8 Å². The Morgan fingerprint density at radius 2 is 2.21 bits per heavy atom. The Labute approximate surface area is 112 Å².